The second kappa shape index (κ2) is 6.74. The van der Waals surface area contributed by atoms with Gasteiger partial charge in [0, 0.05) is 17.2 Å². The third-order valence-electron chi connectivity index (χ3n) is 2.75. The number of aryl methyl sites for hydroxylation is 1. The van der Waals surface area contributed by atoms with E-state index >= 15 is 0 Å². The fraction of sp³-hybridized carbons (Fsp3) is 0.200. The van der Waals surface area contributed by atoms with Crippen LogP contribution < -0.4 is 5.32 Å². The number of alkyl halides is 3. The molecule has 0 bridgehead atoms. The molecule has 0 aliphatic heterocycles. The molecule has 0 spiro atoms. The molecule has 1 heterocycles. The van der Waals surface area contributed by atoms with Crippen LogP contribution in [0.1, 0.15) is 21.0 Å². The number of hydrogen-bond acceptors (Lipinski definition) is 3. The van der Waals surface area contributed by atoms with Gasteiger partial charge in [-0.25, -0.2) is 4.98 Å². The molecule has 0 saturated carbocycles. The number of nitrogens with zero attached hydrogens (tertiary/aromatic N) is 1. The summed E-state index contributed by atoms with van der Waals surface area (Å²) < 4.78 is 37.7. The summed E-state index contributed by atoms with van der Waals surface area (Å²) in [6.45, 7) is 2.21. The van der Waals surface area contributed by atoms with Crippen LogP contribution in [0.15, 0.2) is 36.5 Å². The maximum Gasteiger partial charge on any atom is 0.416 e. The van der Waals surface area contributed by atoms with Crippen molar-refractivity contribution in [2.45, 2.75) is 19.6 Å². The average Bonchev–Trinajstić information content (AvgIpc) is 2.88. The number of amides is 1. The van der Waals surface area contributed by atoms with Gasteiger partial charge in [0.1, 0.15) is 0 Å². The Labute approximate surface area is 129 Å². The summed E-state index contributed by atoms with van der Waals surface area (Å²) in [6, 6.07) is 4.80. The Morgan fingerprint density at radius 2 is 2.18 bits per heavy atom. The van der Waals surface area contributed by atoms with E-state index in [9.17, 15) is 18.0 Å². The van der Waals surface area contributed by atoms with E-state index in [0.29, 0.717) is 12.1 Å². The standard InChI is InChI=1S/C15H13F3N2OS/c1-10-19-8-13(22-10)9-20-14(21)6-5-11-3-2-4-12(7-11)15(16,17)18/h2-8H,9H2,1H3,(H,20,21). The van der Waals surface area contributed by atoms with Gasteiger partial charge < -0.3 is 5.32 Å². The number of carbonyl (C=O) groups excluding carboxylic acids is 1. The lowest BCUT2D eigenvalue weighted by atomic mass is 10.1. The lowest BCUT2D eigenvalue weighted by Gasteiger charge is -2.06. The van der Waals surface area contributed by atoms with E-state index < -0.39 is 11.7 Å². The van der Waals surface area contributed by atoms with E-state index in [0.717, 1.165) is 22.0 Å². The molecule has 2 rings (SSSR count). The van der Waals surface area contributed by atoms with Crippen LogP contribution >= 0.6 is 11.3 Å². The van der Waals surface area contributed by atoms with Crippen LogP contribution in [-0.2, 0) is 17.5 Å². The van der Waals surface area contributed by atoms with Crippen molar-refractivity contribution in [3.05, 3.63) is 57.6 Å². The summed E-state index contributed by atoms with van der Waals surface area (Å²) in [6.07, 6.45) is -0.154. The molecule has 1 N–H and O–H groups in total. The van der Waals surface area contributed by atoms with Gasteiger partial charge in [-0.1, -0.05) is 12.1 Å². The number of nitrogens with one attached hydrogen (secondary N) is 1. The first-order valence-corrected chi connectivity index (χ1v) is 7.21. The van der Waals surface area contributed by atoms with Gasteiger partial charge in [0.05, 0.1) is 17.1 Å². The zero-order valence-corrected chi connectivity index (χ0v) is 12.5. The first kappa shape index (κ1) is 16.2. The number of hydrogen-bond donors (Lipinski definition) is 1. The van der Waals surface area contributed by atoms with Crippen molar-refractivity contribution in [3.8, 4) is 0 Å². The van der Waals surface area contributed by atoms with Crippen molar-refractivity contribution in [1.29, 1.82) is 0 Å². The Balaban J connectivity index is 1.95. The lowest BCUT2D eigenvalue weighted by molar-refractivity contribution is -0.137. The van der Waals surface area contributed by atoms with Crippen molar-refractivity contribution < 1.29 is 18.0 Å². The second-order valence-electron chi connectivity index (χ2n) is 4.52. The summed E-state index contributed by atoms with van der Waals surface area (Å²) in [7, 11) is 0. The second-order valence-corrected chi connectivity index (χ2v) is 5.84. The highest BCUT2D eigenvalue weighted by atomic mass is 32.1. The molecule has 22 heavy (non-hydrogen) atoms. The fourth-order valence-electron chi connectivity index (χ4n) is 1.71. The SMILES string of the molecule is Cc1ncc(CNC(=O)C=Cc2cccc(C(F)(F)F)c2)s1. The number of rotatable bonds is 4. The molecule has 1 amide bonds. The number of benzene rings is 1. The van der Waals surface area contributed by atoms with E-state index in [1.54, 1.807) is 6.20 Å². The summed E-state index contributed by atoms with van der Waals surface area (Å²) in [5.74, 6) is -0.372. The smallest absolute Gasteiger partial charge is 0.348 e. The van der Waals surface area contributed by atoms with Gasteiger partial charge in [0.25, 0.3) is 0 Å². The average molecular weight is 326 g/mol. The molecule has 2 aromatic rings. The largest absolute Gasteiger partial charge is 0.416 e. The number of carbonyl (C=O) groups is 1. The van der Waals surface area contributed by atoms with Gasteiger partial charge in [-0.3, -0.25) is 4.79 Å². The molecule has 7 heteroatoms. The van der Waals surface area contributed by atoms with Crippen LogP contribution in [0.4, 0.5) is 13.2 Å². The highest BCUT2D eigenvalue weighted by Crippen LogP contribution is 2.29. The Morgan fingerprint density at radius 1 is 1.41 bits per heavy atom. The fourth-order valence-corrected chi connectivity index (χ4v) is 2.45. The van der Waals surface area contributed by atoms with Crippen molar-refractivity contribution >= 4 is 23.3 Å². The molecule has 1 aromatic heterocycles. The maximum atomic E-state index is 12.6. The predicted molar refractivity (Wildman–Crippen MR) is 79.2 cm³/mol. The molecule has 0 fully saturated rings. The minimum atomic E-state index is -4.39. The van der Waals surface area contributed by atoms with Gasteiger partial charge in [-0.15, -0.1) is 11.3 Å². The first-order chi connectivity index (χ1) is 10.3. The van der Waals surface area contributed by atoms with E-state index in [1.165, 1.54) is 35.6 Å². The third-order valence-corrected chi connectivity index (χ3v) is 3.66. The molecule has 116 valence electrons. The van der Waals surface area contributed by atoms with Crippen LogP contribution in [0.3, 0.4) is 0 Å². The van der Waals surface area contributed by atoms with E-state index in [1.807, 2.05) is 6.92 Å². The molecule has 0 aliphatic carbocycles. The van der Waals surface area contributed by atoms with Crippen LogP contribution in [-0.4, -0.2) is 10.9 Å². The van der Waals surface area contributed by atoms with E-state index in [-0.39, 0.29) is 5.91 Å². The Bertz CT molecular complexity index is 692. The normalized spacial score (nSPS) is 11.8. The van der Waals surface area contributed by atoms with Crippen molar-refractivity contribution in [2.75, 3.05) is 0 Å². The van der Waals surface area contributed by atoms with Crippen molar-refractivity contribution in [1.82, 2.24) is 10.3 Å². The molecule has 1 aromatic carbocycles. The lowest BCUT2D eigenvalue weighted by Crippen LogP contribution is -2.19. The summed E-state index contributed by atoms with van der Waals surface area (Å²) in [5, 5.41) is 3.56. The van der Waals surface area contributed by atoms with Gasteiger partial charge >= 0.3 is 6.18 Å². The molecule has 0 atom stereocenters. The van der Waals surface area contributed by atoms with Crippen LogP contribution in [0, 0.1) is 6.92 Å². The molecular formula is C15H13F3N2OS. The Hall–Kier alpha value is -2.15. The molecule has 0 unspecified atom stereocenters. The maximum absolute atomic E-state index is 12.6. The highest BCUT2D eigenvalue weighted by Gasteiger charge is 2.30. The molecule has 0 radical (unpaired) electrons. The Morgan fingerprint density at radius 3 is 2.82 bits per heavy atom. The van der Waals surface area contributed by atoms with E-state index in [2.05, 4.69) is 10.3 Å². The van der Waals surface area contributed by atoms with Gasteiger partial charge in [0.2, 0.25) is 5.91 Å². The summed E-state index contributed by atoms with van der Waals surface area (Å²) in [4.78, 5) is 16.6. The zero-order chi connectivity index (χ0) is 16.2. The number of thiazole rings is 1. The molecule has 0 saturated heterocycles. The predicted octanol–water partition coefficient (Wildman–Crippen LogP) is 3.80. The molecular weight excluding hydrogens is 313 g/mol. The minimum absolute atomic E-state index is 0.318. The van der Waals surface area contributed by atoms with Crippen LogP contribution in [0.2, 0.25) is 0 Å². The quantitative estimate of drug-likeness (QED) is 0.868. The Kier molecular flexibility index (Phi) is 4.97. The minimum Gasteiger partial charge on any atom is -0.348 e. The van der Waals surface area contributed by atoms with Gasteiger partial charge in [-0.05, 0) is 30.7 Å². The number of halogens is 3. The monoisotopic (exact) mass is 326 g/mol. The number of aromatic nitrogens is 1. The summed E-state index contributed by atoms with van der Waals surface area (Å²) >= 11 is 1.47. The third kappa shape index (κ3) is 4.70. The first-order valence-electron chi connectivity index (χ1n) is 6.39. The van der Waals surface area contributed by atoms with Crippen molar-refractivity contribution in [3.63, 3.8) is 0 Å². The van der Waals surface area contributed by atoms with Crippen LogP contribution in [0.25, 0.3) is 6.08 Å². The molecule has 3 nitrogen and oxygen atoms in total. The van der Waals surface area contributed by atoms with Crippen molar-refractivity contribution in [2.24, 2.45) is 0 Å². The van der Waals surface area contributed by atoms with Crippen LogP contribution in [0.5, 0.6) is 0 Å². The van der Waals surface area contributed by atoms with Gasteiger partial charge in [0.15, 0.2) is 0 Å². The summed E-state index contributed by atoms with van der Waals surface area (Å²) in [5.41, 5.74) is -0.422. The zero-order valence-electron chi connectivity index (χ0n) is 11.6. The van der Waals surface area contributed by atoms with Gasteiger partial charge in [-0.2, -0.15) is 13.2 Å². The highest BCUT2D eigenvalue weighted by molar-refractivity contribution is 7.11. The molecule has 0 aliphatic rings. The van der Waals surface area contributed by atoms with E-state index in [4.69, 9.17) is 0 Å². The topological polar surface area (TPSA) is 42.0 Å².